The Hall–Kier alpha value is -1.33. The maximum atomic E-state index is 13.6. The van der Waals surface area contributed by atoms with E-state index >= 15 is 0 Å². The second-order valence-electron chi connectivity index (χ2n) is 4.13. The van der Waals surface area contributed by atoms with E-state index in [-0.39, 0.29) is 11.5 Å². The lowest BCUT2D eigenvalue weighted by Crippen LogP contribution is -2.14. The van der Waals surface area contributed by atoms with E-state index in [9.17, 15) is 8.78 Å². The van der Waals surface area contributed by atoms with Gasteiger partial charge >= 0.3 is 0 Å². The zero-order valence-corrected chi connectivity index (χ0v) is 11.0. The van der Waals surface area contributed by atoms with Crippen LogP contribution in [0.1, 0.15) is 17.8 Å². The minimum absolute atomic E-state index is 0.217. The first kappa shape index (κ1) is 13.1. The maximum absolute atomic E-state index is 13.6. The third-order valence-electron chi connectivity index (χ3n) is 2.68. The maximum Gasteiger partial charge on any atom is 0.168 e. The van der Waals surface area contributed by atoms with Crippen molar-refractivity contribution in [2.45, 2.75) is 12.8 Å². The molecule has 1 unspecified atom stereocenters. The summed E-state index contributed by atoms with van der Waals surface area (Å²) in [7, 11) is 1.87. The summed E-state index contributed by atoms with van der Waals surface area (Å²) in [6.07, 6.45) is 0. The number of rotatable bonds is 4. The molecular weight excluding hydrogens is 254 g/mol. The Labute approximate surface area is 109 Å². The number of hydrogen-bond acceptors (Lipinski definition) is 3. The third kappa shape index (κ3) is 2.57. The molecule has 0 saturated carbocycles. The summed E-state index contributed by atoms with van der Waals surface area (Å²) in [5, 5.41) is 5.75. The van der Waals surface area contributed by atoms with Crippen molar-refractivity contribution < 1.29 is 8.78 Å². The molecule has 18 heavy (non-hydrogen) atoms. The molecule has 1 aromatic heterocycles. The molecule has 1 heterocycles. The van der Waals surface area contributed by atoms with Gasteiger partial charge in [0.25, 0.3) is 0 Å². The molecule has 1 atom stereocenters. The van der Waals surface area contributed by atoms with Gasteiger partial charge in [-0.05, 0) is 19.2 Å². The van der Waals surface area contributed by atoms with Gasteiger partial charge in [-0.1, -0.05) is 13.0 Å². The van der Waals surface area contributed by atoms with Gasteiger partial charge in [0.1, 0.15) is 0 Å². The van der Waals surface area contributed by atoms with Gasteiger partial charge in [-0.15, -0.1) is 11.3 Å². The number of hydrogen-bond donors (Lipinski definition) is 1. The molecule has 2 nitrogen and oxygen atoms in total. The zero-order chi connectivity index (χ0) is 13.1. The zero-order valence-electron chi connectivity index (χ0n) is 10.2. The minimum atomic E-state index is -0.842. The van der Waals surface area contributed by atoms with E-state index < -0.39 is 11.6 Å². The molecule has 0 amide bonds. The van der Waals surface area contributed by atoms with Gasteiger partial charge in [-0.25, -0.2) is 13.8 Å². The Bertz CT molecular complexity index is 540. The first-order valence-corrected chi connectivity index (χ1v) is 6.56. The van der Waals surface area contributed by atoms with Crippen molar-refractivity contribution in [3.63, 3.8) is 0 Å². The van der Waals surface area contributed by atoms with Crippen molar-refractivity contribution in [3.05, 3.63) is 40.2 Å². The molecule has 0 spiro atoms. The van der Waals surface area contributed by atoms with E-state index in [1.54, 1.807) is 11.4 Å². The summed E-state index contributed by atoms with van der Waals surface area (Å²) in [6, 6.07) is 4.14. The van der Waals surface area contributed by atoms with Crippen molar-refractivity contribution in [2.75, 3.05) is 13.6 Å². The van der Waals surface area contributed by atoms with Crippen LogP contribution in [0.4, 0.5) is 8.78 Å². The average molecular weight is 268 g/mol. The fraction of sp³-hybridized carbons (Fsp3) is 0.308. The van der Waals surface area contributed by atoms with Crippen LogP contribution in [0.3, 0.4) is 0 Å². The van der Waals surface area contributed by atoms with E-state index in [1.165, 1.54) is 17.4 Å². The van der Waals surface area contributed by atoms with Crippen LogP contribution >= 0.6 is 11.3 Å². The highest BCUT2D eigenvalue weighted by atomic mass is 32.1. The molecule has 0 radical (unpaired) electrons. The predicted molar refractivity (Wildman–Crippen MR) is 69.8 cm³/mol. The lowest BCUT2D eigenvalue weighted by atomic mass is 10.1. The Balaban J connectivity index is 2.32. The minimum Gasteiger partial charge on any atom is -0.319 e. The average Bonchev–Trinajstić information content (AvgIpc) is 2.82. The van der Waals surface area contributed by atoms with Crippen molar-refractivity contribution in [1.82, 2.24) is 10.3 Å². The molecule has 0 aliphatic carbocycles. The largest absolute Gasteiger partial charge is 0.319 e. The quantitative estimate of drug-likeness (QED) is 0.919. The van der Waals surface area contributed by atoms with E-state index in [0.717, 1.165) is 17.6 Å². The molecule has 1 N–H and O–H groups in total. The highest BCUT2D eigenvalue weighted by Gasteiger charge is 2.15. The first-order valence-electron chi connectivity index (χ1n) is 5.68. The fourth-order valence-corrected chi connectivity index (χ4v) is 2.61. The standard InChI is InChI=1S/C13H14F2N2S/c1-8(6-16-2)13-17-11(7-18-13)9-4-3-5-10(14)12(9)15/h3-5,7-8,16H,6H2,1-2H3. The molecule has 1 aromatic carbocycles. The van der Waals surface area contributed by atoms with Crippen LogP contribution in [-0.4, -0.2) is 18.6 Å². The Morgan fingerprint density at radius 1 is 1.39 bits per heavy atom. The molecule has 5 heteroatoms. The second-order valence-corrected chi connectivity index (χ2v) is 5.02. The number of nitrogens with zero attached hydrogens (tertiary/aromatic N) is 1. The van der Waals surface area contributed by atoms with E-state index in [1.807, 2.05) is 14.0 Å². The summed E-state index contributed by atoms with van der Waals surface area (Å²) >= 11 is 1.47. The topological polar surface area (TPSA) is 24.9 Å². The molecular formula is C13H14F2N2S. The van der Waals surface area contributed by atoms with E-state index in [4.69, 9.17) is 0 Å². The summed E-state index contributed by atoms with van der Waals surface area (Å²) in [5.74, 6) is -1.42. The summed E-state index contributed by atoms with van der Waals surface area (Å²) in [6.45, 7) is 2.85. The summed E-state index contributed by atoms with van der Waals surface area (Å²) < 4.78 is 26.8. The molecule has 2 aromatic rings. The van der Waals surface area contributed by atoms with E-state index in [0.29, 0.717) is 5.69 Å². The van der Waals surface area contributed by atoms with Crippen LogP contribution in [0, 0.1) is 11.6 Å². The van der Waals surface area contributed by atoms with Crippen LogP contribution in [0.15, 0.2) is 23.6 Å². The summed E-state index contributed by atoms with van der Waals surface area (Å²) in [5.41, 5.74) is 0.712. The monoisotopic (exact) mass is 268 g/mol. The molecule has 0 aliphatic heterocycles. The molecule has 0 aliphatic rings. The molecule has 2 rings (SSSR count). The lowest BCUT2D eigenvalue weighted by molar-refractivity contribution is 0.511. The molecule has 0 bridgehead atoms. The van der Waals surface area contributed by atoms with Crippen LogP contribution in [0.2, 0.25) is 0 Å². The number of nitrogens with one attached hydrogen (secondary N) is 1. The number of thiazole rings is 1. The Kier molecular flexibility index (Phi) is 4.04. The normalized spacial score (nSPS) is 12.7. The number of aromatic nitrogens is 1. The Morgan fingerprint density at radius 3 is 2.89 bits per heavy atom. The van der Waals surface area contributed by atoms with Crippen LogP contribution in [0.25, 0.3) is 11.3 Å². The second kappa shape index (κ2) is 5.54. The third-order valence-corrected chi connectivity index (χ3v) is 3.76. The Morgan fingerprint density at radius 2 is 2.17 bits per heavy atom. The summed E-state index contributed by atoms with van der Waals surface area (Å²) in [4.78, 5) is 4.37. The smallest absolute Gasteiger partial charge is 0.168 e. The van der Waals surface area contributed by atoms with Crippen molar-refractivity contribution >= 4 is 11.3 Å². The van der Waals surface area contributed by atoms with Gasteiger partial charge in [0.05, 0.1) is 10.7 Å². The molecule has 0 fully saturated rings. The predicted octanol–water partition coefficient (Wildman–Crippen LogP) is 3.41. The number of likely N-dealkylation sites (N-methyl/N-ethyl adjacent to an activating group) is 1. The van der Waals surface area contributed by atoms with Gasteiger partial charge in [0.15, 0.2) is 11.6 Å². The number of halogens is 2. The van der Waals surface area contributed by atoms with Crippen molar-refractivity contribution in [3.8, 4) is 11.3 Å². The molecule has 96 valence electrons. The van der Waals surface area contributed by atoms with Crippen molar-refractivity contribution in [2.24, 2.45) is 0 Å². The van der Waals surface area contributed by atoms with Gasteiger partial charge in [-0.3, -0.25) is 0 Å². The lowest BCUT2D eigenvalue weighted by Gasteiger charge is -2.06. The van der Waals surface area contributed by atoms with Crippen LogP contribution in [0.5, 0.6) is 0 Å². The van der Waals surface area contributed by atoms with Gasteiger partial charge < -0.3 is 5.32 Å². The molecule has 0 saturated heterocycles. The highest BCUT2D eigenvalue weighted by molar-refractivity contribution is 7.10. The first-order chi connectivity index (χ1) is 8.63. The van der Waals surface area contributed by atoms with Gasteiger partial charge in [0, 0.05) is 23.4 Å². The van der Waals surface area contributed by atoms with Crippen molar-refractivity contribution in [1.29, 1.82) is 0 Å². The van der Waals surface area contributed by atoms with Gasteiger partial charge in [0.2, 0.25) is 0 Å². The van der Waals surface area contributed by atoms with Crippen LogP contribution < -0.4 is 5.32 Å². The number of benzene rings is 1. The highest BCUT2D eigenvalue weighted by Crippen LogP contribution is 2.28. The fourth-order valence-electron chi connectivity index (χ4n) is 1.73. The van der Waals surface area contributed by atoms with E-state index in [2.05, 4.69) is 10.3 Å². The van der Waals surface area contributed by atoms with Gasteiger partial charge in [-0.2, -0.15) is 0 Å². The van der Waals surface area contributed by atoms with Crippen LogP contribution in [-0.2, 0) is 0 Å². The SMILES string of the molecule is CNCC(C)c1nc(-c2cccc(F)c2F)cs1.